The molecule has 8 heteroatoms. The van der Waals surface area contributed by atoms with Crippen molar-refractivity contribution in [2.45, 2.75) is 25.7 Å². The number of aromatic hydroxyl groups is 1. The van der Waals surface area contributed by atoms with E-state index in [0.717, 1.165) is 5.56 Å². The largest absolute Gasteiger partial charge is 0.508 e. The molecule has 0 bridgehead atoms. The molecule has 0 saturated heterocycles. The van der Waals surface area contributed by atoms with Crippen molar-refractivity contribution in [3.63, 3.8) is 0 Å². The Labute approximate surface area is 138 Å². The van der Waals surface area contributed by atoms with E-state index in [4.69, 9.17) is 9.79 Å². The highest BCUT2D eigenvalue weighted by atomic mass is 31.2. The van der Waals surface area contributed by atoms with E-state index < -0.39 is 7.75 Å². The molecule has 1 aliphatic carbocycles. The van der Waals surface area contributed by atoms with Gasteiger partial charge in [0.05, 0.1) is 6.42 Å². The fraction of sp³-hybridized carbons (Fsp3) is 0.250. The van der Waals surface area contributed by atoms with Crippen LogP contribution in [0.2, 0.25) is 0 Å². The van der Waals surface area contributed by atoms with E-state index in [1.807, 2.05) is 12.0 Å². The molecular formula is C16H18NO6P. The van der Waals surface area contributed by atoms with Gasteiger partial charge >= 0.3 is 7.75 Å². The highest BCUT2D eigenvalue weighted by molar-refractivity contribution is 7.49. The zero-order valence-corrected chi connectivity index (χ0v) is 13.9. The molecule has 1 aliphatic rings. The minimum absolute atomic E-state index is 0.0567. The average molecular weight is 351 g/mol. The van der Waals surface area contributed by atoms with Crippen molar-refractivity contribution in [2.24, 2.45) is 0 Å². The Kier molecular flexibility index (Phi) is 5.39. The molecule has 0 aliphatic heterocycles. The first-order chi connectivity index (χ1) is 11.2. The van der Waals surface area contributed by atoms with Gasteiger partial charge < -0.3 is 14.9 Å². The van der Waals surface area contributed by atoms with Gasteiger partial charge in [0.2, 0.25) is 0 Å². The highest BCUT2D eigenvalue weighted by Gasteiger charge is 2.25. The van der Waals surface area contributed by atoms with Crippen LogP contribution in [0.1, 0.15) is 31.2 Å². The zero-order valence-electron chi connectivity index (χ0n) is 13.0. The standard InChI is InChI=1S/C16H18NO6P/c1-10(11-2-4-12(18)5-3-11)8-16(20)14-7-6-13(19)9-15(14)17-24(21,22)23/h2-7,10,18H,8-9H2,1H3,(H3,17,21,22,23). The van der Waals surface area contributed by atoms with Gasteiger partial charge in [-0.3, -0.25) is 14.7 Å². The van der Waals surface area contributed by atoms with Gasteiger partial charge in [0, 0.05) is 17.7 Å². The molecule has 24 heavy (non-hydrogen) atoms. The second-order valence-corrected chi connectivity index (χ2v) is 6.96. The Bertz CT molecular complexity index is 759. The summed E-state index contributed by atoms with van der Waals surface area (Å²) in [5.74, 6) is -0.695. The van der Waals surface area contributed by atoms with E-state index in [1.54, 1.807) is 12.1 Å². The van der Waals surface area contributed by atoms with Crippen molar-refractivity contribution in [1.82, 2.24) is 5.09 Å². The minimum Gasteiger partial charge on any atom is -0.508 e. The molecule has 7 nitrogen and oxygen atoms in total. The van der Waals surface area contributed by atoms with Crippen molar-refractivity contribution < 1.29 is 29.0 Å². The van der Waals surface area contributed by atoms with Crippen LogP contribution in [0, 0.1) is 0 Å². The van der Waals surface area contributed by atoms with Crippen molar-refractivity contribution in [3.8, 4) is 5.75 Å². The topological polar surface area (TPSA) is 124 Å². The number of allylic oxidation sites excluding steroid dienone is 4. The second kappa shape index (κ2) is 7.13. The maximum atomic E-state index is 12.5. The van der Waals surface area contributed by atoms with Crippen LogP contribution < -0.4 is 5.09 Å². The molecule has 2 rings (SSSR count). The average Bonchev–Trinajstić information content (AvgIpc) is 2.46. The van der Waals surface area contributed by atoms with Crippen LogP contribution in [-0.4, -0.2) is 26.5 Å². The molecule has 0 heterocycles. The number of benzene rings is 1. The van der Waals surface area contributed by atoms with E-state index in [1.165, 1.54) is 24.3 Å². The summed E-state index contributed by atoms with van der Waals surface area (Å²) in [6.45, 7) is 1.83. The number of nitrogens with one attached hydrogen (secondary N) is 1. The molecule has 128 valence electrons. The van der Waals surface area contributed by atoms with Crippen LogP contribution >= 0.6 is 7.75 Å². The summed E-state index contributed by atoms with van der Waals surface area (Å²) in [5.41, 5.74) is 0.893. The van der Waals surface area contributed by atoms with Gasteiger partial charge in [0.25, 0.3) is 0 Å². The number of rotatable bonds is 6. The minimum atomic E-state index is -4.61. The van der Waals surface area contributed by atoms with E-state index in [0.29, 0.717) is 0 Å². The molecule has 0 saturated carbocycles. The maximum Gasteiger partial charge on any atom is 0.427 e. The lowest BCUT2D eigenvalue weighted by Gasteiger charge is -2.18. The molecule has 0 spiro atoms. The third-order valence-corrected chi connectivity index (χ3v) is 4.21. The number of ketones is 2. The Morgan fingerprint density at radius 2 is 1.88 bits per heavy atom. The van der Waals surface area contributed by atoms with Gasteiger partial charge in [0.1, 0.15) is 5.75 Å². The third-order valence-electron chi connectivity index (χ3n) is 3.65. The Hall–Kier alpha value is -2.21. The van der Waals surface area contributed by atoms with Gasteiger partial charge in [-0.1, -0.05) is 19.1 Å². The Morgan fingerprint density at radius 3 is 2.46 bits per heavy atom. The van der Waals surface area contributed by atoms with Gasteiger partial charge in [-0.15, -0.1) is 0 Å². The van der Waals surface area contributed by atoms with E-state index in [2.05, 4.69) is 0 Å². The predicted molar refractivity (Wildman–Crippen MR) is 87.1 cm³/mol. The van der Waals surface area contributed by atoms with Crippen LogP contribution in [0.3, 0.4) is 0 Å². The fourth-order valence-corrected chi connectivity index (χ4v) is 3.00. The quantitative estimate of drug-likeness (QED) is 0.577. The van der Waals surface area contributed by atoms with Gasteiger partial charge in [-0.25, -0.2) is 4.57 Å². The molecule has 1 aromatic rings. The van der Waals surface area contributed by atoms with Gasteiger partial charge in [-0.2, -0.15) is 0 Å². The maximum absolute atomic E-state index is 12.5. The SMILES string of the molecule is CC(CC(=O)C1=C(NP(=O)(O)O)CC(=O)C=C1)c1ccc(O)cc1. The van der Waals surface area contributed by atoms with Crippen LogP contribution in [0.15, 0.2) is 47.7 Å². The number of phenolic OH excluding ortho intramolecular Hbond substituents is 1. The Morgan fingerprint density at radius 1 is 1.25 bits per heavy atom. The van der Waals surface area contributed by atoms with E-state index >= 15 is 0 Å². The number of carbonyl (C=O) groups excluding carboxylic acids is 2. The van der Waals surface area contributed by atoms with Crippen LogP contribution in [0.4, 0.5) is 0 Å². The van der Waals surface area contributed by atoms with Crippen molar-refractivity contribution in [2.75, 3.05) is 0 Å². The summed E-state index contributed by atoms with van der Waals surface area (Å²) in [6, 6.07) is 6.46. The molecule has 4 N–H and O–H groups in total. The van der Waals surface area contributed by atoms with Crippen LogP contribution in [0.5, 0.6) is 5.75 Å². The van der Waals surface area contributed by atoms with E-state index in [9.17, 15) is 19.3 Å². The summed E-state index contributed by atoms with van der Waals surface area (Å²) in [5, 5.41) is 11.3. The highest BCUT2D eigenvalue weighted by Crippen LogP contribution is 2.34. The monoisotopic (exact) mass is 351 g/mol. The lowest BCUT2D eigenvalue weighted by Crippen LogP contribution is -2.21. The summed E-state index contributed by atoms with van der Waals surface area (Å²) in [4.78, 5) is 42.0. The Balaban J connectivity index is 2.20. The molecule has 0 fully saturated rings. The lowest BCUT2D eigenvalue weighted by molar-refractivity contribution is -0.115. The van der Waals surface area contributed by atoms with Crippen molar-refractivity contribution in [1.29, 1.82) is 0 Å². The van der Waals surface area contributed by atoms with Crippen molar-refractivity contribution in [3.05, 3.63) is 53.3 Å². The first-order valence-electron chi connectivity index (χ1n) is 7.26. The summed E-state index contributed by atoms with van der Waals surface area (Å²) < 4.78 is 11.1. The van der Waals surface area contributed by atoms with Crippen LogP contribution in [0.25, 0.3) is 0 Å². The molecule has 1 unspecified atom stereocenters. The number of carbonyl (C=O) groups is 2. The number of hydrogen-bond donors (Lipinski definition) is 4. The number of Topliss-reactive ketones (excluding diaryl/α,β-unsaturated/α-hetero) is 1. The molecular weight excluding hydrogens is 333 g/mol. The number of phenols is 1. The molecule has 0 radical (unpaired) electrons. The number of hydrogen-bond acceptors (Lipinski definition) is 4. The summed E-state index contributed by atoms with van der Waals surface area (Å²) >= 11 is 0. The van der Waals surface area contributed by atoms with Crippen molar-refractivity contribution >= 4 is 19.3 Å². The normalized spacial score (nSPS) is 16.2. The fourth-order valence-electron chi connectivity index (χ4n) is 2.45. The lowest BCUT2D eigenvalue weighted by atomic mass is 9.90. The first-order valence-corrected chi connectivity index (χ1v) is 8.87. The van der Waals surface area contributed by atoms with E-state index in [-0.39, 0.29) is 47.3 Å². The molecule has 0 aromatic heterocycles. The van der Waals surface area contributed by atoms with Gasteiger partial charge in [-0.05, 0) is 35.8 Å². The molecule has 1 atom stereocenters. The van der Waals surface area contributed by atoms with Gasteiger partial charge in [0.15, 0.2) is 11.6 Å². The first kappa shape index (κ1) is 18.1. The van der Waals surface area contributed by atoms with Crippen LogP contribution in [-0.2, 0) is 14.2 Å². The predicted octanol–water partition coefficient (Wildman–Crippen LogP) is 1.92. The second-order valence-electron chi connectivity index (χ2n) is 5.64. The molecule has 0 amide bonds. The molecule has 1 aromatic carbocycles. The summed E-state index contributed by atoms with van der Waals surface area (Å²) in [7, 11) is -4.61. The smallest absolute Gasteiger partial charge is 0.427 e. The summed E-state index contributed by atoms with van der Waals surface area (Å²) in [6.07, 6.45) is 2.36. The zero-order chi connectivity index (χ0) is 17.9. The third kappa shape index (κ3) is 4.89.